The van der Waals surface area contributed by atoms with E-state index in [9.17, 15) is 0 Å². The molecule has 90 valence electrons. The largest absolute Gasteiger partial charge is 0.495 e. The van der Waals surface area contributed by atoms with Crippen LogP contribution in [0, 0.1) is 6.92 Å². The molecule has 0 amide bonds. The van der Waals surface area contributed by atoms with Crippen LogP contribution in [0.5, 0.6) is 5.75 Å². The topological polar surface area (TPSA) is 32.7 Å². The van der Waals surface area contributed by atoms with Crippen LogP contribution in [0.15, 0.2) is 12.1 Å². The van der Waals surface area contributed by atoms with Gasteiger partial charge in [0.25, 0.3) is 0 Å². The second-order valence-electron chi connectivity index (χ2n) is 3.77. The first kappa shape index (κ1) is 13.1. The van der Waals surface area contributed by atoms with Crippen molar-refractivity contribution in [2.45, 2.75) is 13.3 Å². The van der Waals surface area contributed by atoms with Crippen molar-refractivity contribution in [1.82, 2.24) is 0 Å². The average molecular weight is 244 g/mol. The predicted octanol–water partition coefficient (Wildman–Crippen LogP) is 2.48. The minimum atomic E-state index is 0.202. The van der Waals surface area contributed by atoms with Gasteiger partial charge in [0.05, 0.1) is 12.1 Å². The number of hydrogen-bond donors (Lipinski definition) is 1. The number of aliphatic hydroxyl groups is 1. The Morgan fingerprint density at radius 1 is 1.44 bits per heavy atom. The lowest BCUT2D eigenvalue weighted by atomic mass is 10.1. The van der Waals surface area contributed by atoms with E-state index in [1.165, 1.54) is 0 Å². The standard InChI is InChI=1S/C12H18ClNO2/c1-9-7-12(16-3)10(13)8-11(9)14(2)5-4-6-15/h7-8,15H,4-6H2,1-3H3. The molecule has 0 saturated carbocycles. The van der Waals surface area contributed by atoms with E-state index in [0.29, 0.717) is 10.8 Å². The second-order valence-corrected chi connectivity index (χ2v) is 4.18. The summed E-state index contributed by atoms with van der Waals surface area (Å²) in [5, 5.41) is 9.41. The SMILES string of the molecule is COc1cc(C)c(N(C)CCCO)cc1Cl. The first-order chi connectivity index (χ1) is 7.60. The van der Waals surface area contributed by atoms with E-state index in [1.54, 1.807) is 7.11 Å². The molecule has 0 saturated heterocycles. The fraction of sp³-hybridized carbons (Fsp3) is 0.500. The minimum Gasteiger partial charge on any atom is -0.495 e. The number of rotatable bonds is 5. The van der Waals surface area contributed by atoms with Crippen LogP contribution in [0.1, 0.15) is 12.0 Å². The second kappa shape index (κ2) is 5.97. The van der Waals surface area contributed by atoms with Crippen LogP contribution in [0.4, 0.5) is 5.69 Å². The molecule has 1 aromatic rings. The molecule has 0 aliphatic rings. The molecule has 0 fully saturated rings. The number of nitrogens with zero attached hydrogens (tertiary/aromatic N) is 1. The summed E-state index contributed by atoms with van der Waals surface area (Å²) < 4.78 is 5.15. The average Bonchev–Trinajstić information content (AvgIpc) is 2.28. The van der Waals surface area contributed by atoms with Crippen LogP contribution in [0.2, 0.25) is 5.02 Å². The van der Waals surface area contributed by atoms with E-state index >= 15 is 0 Å². The summed E-state index contributed by atoms with van der Waals surface area (Å²) in [4.78, 5) is 2.08. The van der Waals surface area contributed by atoms with Crippen LogP contribution >= 0.6 is 11.6 Å². The zero-order valence-electron chi connectivity index (χ0n) is 9.96. The number of anilines is 1. The molecule has 0 bridgehead atoms. The quantitative estimate of drug-likeness (QED) is 0.863. The van der Waals surface area contributed by atoms with E-state index < -0.39 is 0 Å². The van der Waals surface area contributed by atoms with Gasteiger partial charge in [-0.1, -0.05) is 11.6 Å². The zero-order chi connectivity index (χ0) is 12.1. The number of hydrogen-bond acceptors (Lipinski definition) is 3. The molecule has 0 aliphatic heterocycles. The first-order valence-corrected chi connectivity index (χ1v) is 5.64. The van der Waals surface area contributed by atoms with Gasteiger partial charge in [-0.25, -0.2) is 0 Å². The molecular formula is C12H18ClNO2. The number of benzene rings is 1. The lowest BCUT2D eigenvalue weighted by Crippen LogP contribution is -2.20. The van der Waals surface area contributed by atoms with Gasteiger partial charge in [0.1, 0.15) is 5.75 Å². The first-order valence-electron chi connectivity index (χ1n) is 5.26. The monoisotopic (exact) mass is 243 g/mol. The summed E-state index contributed by atoms with van der Waals surface area (Å²) in [6, 6.07) is 3.82. The van der Waals surface area contributed by atoms with Crippen LogP contribution in [-0.2, 0) is 0 Å². The fourth-order valence-electron chi connectivity index (χ4n) is 1.64. The van der Waals surface area contributed by atoms with Crippen molar-refractivity contribution in [2.75, 3.05) is 32.2 Å². The normalized spacial score (nSPS) is 10.3. The highest BCUT2D eigenvalue weighted by molar-refractivity contribution is 6.32. The van der Waals surface area contributed by atoms with Gasteiger partial charge in [0.2, 0.25) is 0 Å². The number of aryl methyl sites for hydroxylation is 1. The van der Waals surface area contributed by atoms with E-state index in [2.05, 4.69) is 4.90 Å². The Balaban J connectivity index is 2.92. The van der Waals surface area contributed by atoms with Gasteiger partial charge in [-0.05, 0) is 31.0 Å². The number of halogens is 1. The van der Waals surface area contributed by atoms with Gasteiger partial charge >= 0.3 is 0 Å². The number of ether oxygens (including phenoxy) is 1. The third-order valence-corrected chi connectivity index (χ3v) is 2.83. The minimum absolute atomic E-state index is 0.202. The third kappa shape index (κ3) is 3.03. The lowest BCUT2D eigenvalue weighted by molar-refractivity contribution is 0.290. The molecule has 1 N–H and O–H groups in total. The smallest absolute Gasteiger partial charge is 0.137 e. The van der Waals surface area contributed by atoms with Crippen molar-refractivity contribution in [2.24, 2.45) is 0 Å². The Hall–Kier alpha value is -0.930. The molecular weight excluding hydrogens is 226 g/mol. The van der Waals surface area contributed by atoms with Crippen LogP contribution in [0.25, 0.3) is 0 Å². The van der Waals surface area contributed by atoms with Crippen LogP contribution < -0.4 is 9.64 Å². The summed E-state index contributed by atoms with van der Waals surface area (Å²) in [5.74, 6) is 0.693. The molecule has 16 heavy (non-hydrogen) atoms. The molecule has 3 nitrogen and oxygen atoms in total. The number of methoxy groups -OCH3 is 1. The lowest BCUT2D eigenvalue weighted by Gasteiger charge is -2.22. The Morgan fingerprint density at radius 2 is 2.12 bits per heavy atom. The Morgan fingerprint density at radius 3 is 2.69 bits per heavy atom. The van der Waals surface area contributed by atoms with Crippen molar-refractivity contribution >= 4 is 17.3 Å². The molecule has 0 heterocycles. The maximum atomic E-state index is 8.80. The molecule has 4 heteroatoms. The van der Waals surface area contributed by atoms with E-state index in [1.807, 2.05) is 26.1 Å². The summed E-state index contributed by atoms with van der Waals surface area (Å²) in [7, 11) is 3.59. The molecule has 0 unspecified atom stereocenters. The molecule has 0 atom stereocenters. The highest BCUT2D eigenvalue weighted by atomic mass is 35.5. The van der Waals surface area contributed by atoms with Crippen molar-refractivity contribution in [3.05, 3.63) is 22.7 Å². The van der Waals surface area contributed by atoms with Gasteiger partial charge in [-0.3, -0.25) is 0 Å². The maximum absolute atomic E-state index is 8.80. The van der Waals surface area contributed by atoms with Crippen molar-refractivity contribution in [3.63, 3.8) is 0 Å². The van der Waals surface area contributed by atoms with Crippen molar-refractivity contribution < 1.29 is 9.84 Å². The Labute approximate surface area is 102 Å². The van der Waals surface area contributed by atoms with Gasteiger partial charge in [0.15, 0.2) is 0 Å². The molecule has 0 aromatic heterocycles. The van der Waals surface area contributed by atoms with Gasteiger partial charge in [0, 0.05) is 25.9 Å². The maximum Gasteiger partial charge on any atom is 0.137 e. The van der Waals surface area contributed by atoms with Crippen molar-refractivity contribution in [1.29, 1.82) is 0 Å². The Bertz CT molecular complexity index is 355. The van der Waals surface area contributed by atoms with Gasteiger partial charge in [-0.2, -0.15) is 0 Å². The fourth-order valence-corrected chi connectivity index (χ4v) is 1.88. The highest BCUT2D eigenvalue weighted by Gasteiger charge is 2.09. The van der Waals surface area contributed by atoms with Gasteiger partial charge in [-0.15, -0.1) is 0 Å². The highest BCUT2D eigenvalue weighted by Crippen LogP contribution is 2.32. The van der Waals surface area contributed by atoms with E-state index in [4.69, 9.17) is 21.4 Å². The molecule has 0 radical (unpaired) electrons. The van der Waals surface area contributed by atoms with Crippen LogP contribution in [-0.4, -0.2) is 32.4 Å². The Kier molecular flexibility index (Phi) is 4.90. The summed E-state index contributed by atoms with van der Waals surface area (Å²) >= 11 is 6.08. The van der Waals surface area contributed by atoms with Gasteiger partial charge < -0.3 is 14.7 Å². The molecule has 0 aliphatic carbocycles. The van der Waals surface area contributed by atoms with E-state index in [0.717, 1.165) is 24.2 Å². The van der Waals surface area contributed by atoms with Crippen molar-refractivity contribution in [3.8, 4) is 5.75 Å². The van der Waals surface area contributed by atoms with E-state index in [-0.39, 0.29) is 6.61 Å². The predicted molar refractivity (Wildman–Crippen MR) is 67.7 cm³/mol. The van der Waals surface area contributed by atoms with Crippen LogP contribution in [0.3, 0.4) is 0 Å². The molecule has 1 rings (SSSR count). The zero-order valence-corrected chi connectivity index (χ0v) is 10.7. The molecule has 1 aromatic carbocycles. The number of aliphatic hydroxyl groups excluding tert-OH is 1. The summed E-state index contributed by atoms with van der Waals surface area (Å²) in [6.07, 6.45) is 0.750. The summed E-state index contributed by atoms with van der Waals surface area (Å²) in [5.41, 5.74) is 2.18. The molecule has 0 spiro atoms. The summed E-state index contributed by atoms with van der Waals surface area (Å²) in [6.45, 7) is 3.02. The third-order valence-electron chi connectivity index (χ3n) is 2.53.